The lowest BCUT2D eigenvalue weighted by Crippen LogP contribution is -2.39. The van der Waals surface area contributed by atoms with Gasteiger partial charge in [0.1, 0.15) is 17.7 Å². The van der Waals surface area contributed by atoms with Crippen LogP contribution >= 0.6 is 0 Å². The minimum absolute atomic E-state index is 0.298. The average molecular weight is 582 g/mol. The van der Waals surface area contributed by atoms with Gasteiger partial charge in [0.15, 0.2) is 0 Å². The smallest absolute Gasteiger partial charge is 0.410 e. The topological polar surface area (TPSA) is 105 Å². The summed E-state index contributed by atoms with van der Waals surface area (Å²) in [6, 6.07) is 14.6. The van der Waals surface area contributed by atoms with E-state index in [1.54, 1.807) is 4.90 Å². The zero-order valence-corrected chi connectivity index (χ0v) is 25.8. The number of benzene rings is 2. The van der Waals surface area contributed by atoms with E-state index in [0.29, 0.717) is 36.9 Å². The van der Waals surface area contributed by atoms with Crippen LogP contribution in [0.2, 0.25) is 0 Å². The lowest BCUT2D eigenvalue weighted by Gasteiger charge is -2.36. The zero-order valence-electron chi connectivity index (χ0n) is 25.8. The van der Waals surface area contributed by atoms with Crippen molar-refractivity contribution in [2.45, 2.75) is 96.4 Å². The summed E-state index contributed by atoms with van der Waals surface area (Å²) >= 11 is 0. The van der Waals surface area contributed by atoms with Crippen molar-refractivity contribution in [2.24, 2.45) is 0 Å². The van der Waals surface area contributed by atoms with Crippen LogP contribution in [0.5, 0.6) is 0 Å². The number of aryl methyl sites for hydroxylation is 1. The second kappa shape index (κ2) is 11.8. The predicted octanol–water partition coefficient (Wildman–Crippen LogP) is 6.69. The zero-order chi connectivity index (χ0) is 30.3. The SMILES string of the molecule is Cc1cc(C2CCC2)c(-c2nc3c([nH]2)CN(C(=O)OC(C)(C)C)CC3)cc1C(O)N1CCC(c2ccc(C#N)cc2)CC1. The molecule has 1 aliphatic carbocycles. The number of hydrogen-bond donors (Lipinski definition) is 2. The molecule has 0 radical (unpaired) electrons. The number of nitrogens with zero attached hydrogens (tertiary/aromatic N) is 4. The molecule has 0 bridgehead atoms. The number of H-pyrrole nitrogens is 1. The number of hydrogen-bond acceptors (Lipinski definition) is 6. The molecule has 43 heavy (non-hydrogen) atoms. The van der Waals surface area contributed by atoms with Crippen LogP contribution in [0.25, 0.3) is 11.4 Å². The van der Waals surface area contributed by atoms with Crippen LogP contribution in [0, 0.1) is 18.3 Å². The largest absolute Gasteiger partial charge is 0.444 e. The normalized spacial score (nSPS) is 18.9. The number of carbonyl (C=O) groups excluding carboxylic acids is 1. The van der Waals surface area contributed by atoms with Gasteiger partial charge >= 0.3 is 6.09 Å². The van der Waals surface area contributed by atoms with Crippen LogP contribution < -0.4 is 0 Å². The van der Waals surface area contributed by atoms with Gasteiger partial charge in [0.05, 0.1) is 29.6 Å². The van der Waals surface area contributed by atoms with Crippen molar-refractivity contribution >= 4 is 6.09 Å². The molecule has 2 aliphatic heterocycles. The van der Waals surface area contributed by atoms with Crippen LogP contribution in [0.15, 0.2) is 36.4 Å². The Hall–Kier alpha value is -3.67. The molecule has 3 aliphatic rings. The average Bonchev–Trinajstić information content (AvgIpc) is 3.39. The molecule has 8 heteroatoms. The number of aliphatic hydroxyl groups is 1. The van der Waals surface area contributed by atoms with Gasteiger partial charge in [0.2, 0.25) is 0 Å². The first-order chi connectivity index (χ1) is 20.6. The highest BCUT2D eigenvalue weighted by atomic mass is 16.6. The lowest BCUT2D eigenvalue weighted by molar-refractivity contribution is -0.0136. The molecule has 1 amide bonds. The highest BCUT2D eigenvalue weighted by Crippen LogP contribution is 2.43. The van der Waals surface area contributed by atoms with Gasteiger partial charge in [-0.05, 0) is 106 Å². The first kappa shape index (κ1) is 29.4. The van der Waals surface area contributed by atoms with Crippen molar-refractivity contribution in [3.8, 4) is 17.5 Å². The molecule has 3 heterocycles. The summed E-state index contributed by atoms with van der Waals surface area (Å²) in [7, 11) is 0. The number of aliphatic hydroxyl groups excluding tert-OH is 1. The van der Waals surface area contributed by atoms with E-state index in [2.05, 4.69) is 47.1 Å². The second-order valence-electron chi connectivity index (χ2n) is 13.5. The number of aromatic nitrogens is 2. The van der Waals surface area contributed by atoms with Crippen molar-refractivity contribution < 1.29 is 14.6 Å². The highest BCUT2D eigenvalue weighted by Gasteiger charge is 2.32. The summed E-state index contributed by atoms with van der Waals surface area (Å²) in [5.41, 5.74) is 7.78. The van der Waals surface area contributed by atoms with Gasteiger partial charge in [-0.1, -0.05) is 24.6 Å². The Bertz CT molecular complexity index is 1520. The Balaban J connectivity index is 1.22. The molecule has 2 aromatic carbocycles. The number of likely N-dealkylation sites (tertiary alicyclic amines) is 1. The third-order valence-corrected chi connectivity index (χ3v) is 9.39. The summed E-state index contributed by atoms with van der Waals surface area (Å²) < 4.78 is 5.62. The minimum atomic E-state index is -0.691. The van der Waals surface area contributed by atoms with Crippen molar-refractivity contribution in [2.75, 3.05) is 19.6 Å². The van der Waals surface area contributed by atoms with E-state index >= 15 is 0 Å². The molecule has 1 aromatic heterocycles. The van der Waals surface area contributed by atoms with E-state index < -0.39 is 11.8 Å². The van der Waals surface area contributed by atoms with E-state index in [1.165, 1.54) is 30.4 Å². The van der Waals surface area contributed by atoms with E-state index in [4.69, 9.17) is 15.0 Å². The van der Waals surface area contributed by atoms with E-state index in [-0.39, 0.29) is 6.09 Å². The number of piperidine rings is 1. The second-order valence-corrected chi connectivity index (χ2v) is 13.5. The molecule has 2 fully saturated rings. The molecular weight excluding hydrogens is 538 g/mol. The van der Waals surface area contributed by atoms with Gasteiger partial charge in [-0.3, -0.25) is 4.90 Å². The minimum Gasteiger partial charge on any atom is -0.444 e. The molecule has 3 aromatic rings. The van der Waals surface area contributed by atoms with Gasteiger partial charge in [0.25, 0.3) is 0 Å². The van der Waals surface area contributed by atoms with Crippen molar-refractivity contribution in [1.82, 2.24) is 19.8 Å². The number of nitriles is 1. The first-order valence-corrected chi connectivity index (χ1v) is 15.7. The Morgan fingerprint density at radius 1 is 1.09 bits per heavy atom. The summed E-state index contributed by atoms with van der Waals surface area (Å²) in [5, 5.41) is 20.8. The van der Waals surface area contributed by atoms with Crippen molar-refractivity contribution in [1.29, 1.82) is 5.26 Å². The number of ether oxygens (including phenoxy) is 1. The monoisotopic (exact) mass is 581 g/mol. The molecule has 8 nitrogen and oxygen atoms in total. The molecular formula is C35H43N5O3. The van der Waals surface area contributed by atoms with E-state index in [9.17, 15) is 9.90 Å². The lowest BCUT2D eigenvalue weighted by atomic mass is 9.77. The molecule has 1 saturated heterocycles. The number of amides is 1. The number of aromatic amines is 1. The maximum atomic E-state index is 12.7. The number of imidazole rings is 1. The summed E-state index contributed by atoms with van der Waals surface area (Å²) in [6.45, 7) is 10.4. The Morgan fingerprint density at radius 3 is 2.44 bits per heavy atom. The van der Waals surface area contributed by atoms with Crippen molar-refractivity contribution in [3.63, 3.8) is 0 Å². The first-order valence-electron chi connectivity index (χ1n) is 15.7. The predicted molar refractivity (Wildman–Crippen MR) is 165 cm³/mol. The number of carbonyl (C=O) groups is 1. The van der Waals surface area contributed by atoms with E-state index in [0.717, 1.165) is 59.8 Å². The molecule has 1 atom stereocenters. The number of nitrogens with one attached hydrogen (secondary N) is 1. The van der Waals surface area contributed by atoms with Gasteiger partial charge in [-0.25, -0.2) is 9.78 Å². The quantitative estimate of drug-likeness (QED) is 0.348. The third kappa shape index (κ3) is 6.20. The van der Waals surface area contributed by atoms with Crippen LogP contribution in [-0.2, 0) is 17.7 Å². The van der Waals surface area contributed by atoms with E-state index in [1.807, 2.05) is 32.9 Å². The summed E-state index contributed by atoms with van der Waals surface area (Å²) in [6.07, 6.45) is 5.20. The number of fused-ring (bicyclic) bond motifs is 1. The summed E-state index contributed by atoms with van der Waals surface area (Å²) in [5.74, 6) is 1.76. The highest BCUT2D eigenvalue weighted by molar-refractivity contribution is 5.69. The van der Waals surface area contributed by atoms with Gasteiger partial charge < -0.3 is 19.7 Å². The molecule has 1 unspecified atom stereocenters. The fourth-order valence-corrected chi connectivity index (χ4v) is 6.69. The van der Waals surface area contributed by atoms with Crippen molar-refractivity contribution in [3.05, 3.63) is 75.6 Å². The standard InChI is InChI=1S/C35H43N5O3/c1-22-18-28(26-6-5-7-26)29(32-37-30-14-17-40(21-31(30)38-32)34(42)43-35(2,3)4)19-27(22)33(41)39-15-12-25(13-16-39)24-10-8-23(20-36)9-11-24/h8-11,18-19,25-26,33,41H,5-7,12-17,21H2,1-4H3,(H,37,38). The molecule has 6 rings (SSSR count). The Labute approximate surface area is 254 Å². The van der Waals surface area contributed by atoms with Gasteiger partial charge in [0, 0.05) is 31.6 Å². The third-order valence-electron chi connectivity index (χ3n) is 9.39. The molecule has 1 saturated carbocycles. The molecule has 0 spiro atoms. The molecule has 2 N–H and O–H groups in total. The molecule has 226 valence electrons. The van der Waals surface area contributed by atoms with Crippen LogP contribution in [0.3, 0.4) is 0 Å². The Kier molecular flexibility index (Phi) is 8.06. The van der Waals surface area contributed by atoms with Gasteiger partial charge in [-0.15, -0.1) is 0 Å². The van der Waals surface area contributed by atoms with Crippen LogP contribution in [0.1, 0.15) is 110 Å². The van der Waals surface area contributed by atoms with Gasteiger partial charge in [-0.2, -0.15) is 5.26 Å². The fraction of sp³-hybridized carbons (Fsp3) is 0.514. The summed E-state index contributed by atoms with van der Waals surface area (Å²) in [4.78, 5) is 25.3. The maximum Gasteiger partial charge on any atom is 0.410 e. The van der Waals surface area contributed by atoms with Crippen LogP contribution in [0.4, 0.5) is 4.79 Å². The fourth-order valence-electron chi connectivity index (χ4n) is 6.69. The van der Waals surface area contributed by atoms with Crippen LogP contribution in [-0.4, -0.2) is 56.2 Å². The Morgan fingerprint density at radius 2 is 1.81 bits per heavy atom. The maximum absolute atomic E-state index is 12.7. The number of rotatable bonds is 5.